The summed E-state index contributed by atoms with van der Waals surface area (Å²) in [5.74, 6) is -0.912. The second kappa shape index (κ2) is 53.0. The molecule has 1 unspecified atom stereocenters. The molecule has 0 aromatic heterocycles. The van der Waals surface area contributed by atoms with Gasteiger partial charge >= 0.3 is 17.9 Å². The molecule has 0 aliphatic rings. The molecule has 6 heteroatoms. The van der Waals surface area contributed by atoms with Gasteiger partial charge in [0, 0.05) is 19.3 Å². The molecule has 0 heterocycles. The van der Waals surface area contributed by atoms with Crippen LogP contribution in [0.3, 0.4) is 0 Å². The summed E-state index contributed by atoms with van der Waals surface area (Å²) in [7, 11) is 0. The van der Waals surface area contributed by atoms with Gasteiger partial charge in [-0.1, -0.05) is 236 Å². The maximum absolute atomic E-state index is 12.8. The number of allylic oxidation sites excluding steroid dienone is 8. The predicted octanol–water partition coefficient (Wildman–Crippen LogP) is 18.3. The number of hydrogen-bond acceptors (Lipinski definition) is 6. The quantitative estimate of drug-likeness (QED) is 0.0262. The molecule has 0 amide bonds. The lowest BCUT2D eigenvalue weighted by atomic mass is 10.0. The first kappa shape index (κ1) is 61.4. The van der Waals surface area contributed by atoms with Gasteiger partial charge in [0.15, 0.2) is 6.10 Å². The van der Waals surface area contributed by atoms with Crippen molar-refractivity contribution in [2.24, 2.45) is 0 Å². The van der Waals surface area contributed by atoms with E-state index in [4.69, 9.17) is 14.2 Å². The molecule has 0 aromatic rings. The molecular weight excluding hydrogens is 793 g/mol. The average Bonchev–Trinajstić information content (AvgIpc) is 3.29. The van der Waals surface area contributed by atoms with Gasteiger partial charge in [0.25, 0.3) is 0 Å². The van der Waals surface area contributed by atoms with Gasteiger partial charge in [-0.05, 0) is 77.0 Å². The van der Waals surface area contributed by atoms with Crippen LogP contribution in [0.15, 0.2) is 48.6 Å². The SMILES string of the molecule is CC/C=C\C/C=C\C/C=C\CCCCCCC(=O)OC(COC(=O)CCCCC/C=C\CCCCCCCC)COC(=O)CCCCCCCCCCCCCCCCCCCCC. The topological polar surface area (TPSA) is 78.9 Å². The molecule has 372 valence electrons. The molecular formula is C58H104O6. The van der Waals surface area contributed by atoms with Gasteiger partial charge in [-0.25, -0.2) is 0 Å². The van der Waals surface area contributed by atoms with Gasteiger partial charge in [0.05, 0.1) is 0 Å². The minimum absolute atomic E-state index is 0.0843. The Labute approximate surface area is 397 Å². The van der Waals surface area contributed by atoms with Crippen molar-refractivity contribution in [1.82, 2.24) is 0 Å². The first-order valence-corrected chi connectivity index (χ1v) is 27.6. The highest BCUT2D eigenvalue weighted by Crippen LogP contribution is 2.16. The Morgan fingerprint density at radius 3 is 0.984 bits per heavy atom. The van der Waals surface area contributed by atoms with Crippen molar-refractivity contribution in [3.8, 4) is 0 Å². The fourth-order valence-corrected chi connectivity index (χ4v) is 7.92. The second-order valence-electron chi connectivity index (χ2n) is 18.5. The number of carbonyl (C=O) groups is 3. The Balaban J connectivity index is 4.35. The molecule has 0 rings (SSSR count). The van der Waals surface area contributed by atoms with Crippen LogP contribution >= 0.6 is 0 Å². The van der Waals surface area contributed by atoms with Crippen LogP contribution in [-0.2, 0) is 28.6 Å². The molecule has 6 nitrogen and oxygen atoms in total. The number of ether oxygens (including phenoxy) is 3. The highest BCUT2D eigenvalue weighted by atomic mass is 16.6. The zero-order valence-electron chi connectivity index (χ0n) is 42.6. The van der Waals surface area contributed by atoms with E-state index >= 15 is 0 Å². The summed E-state index contributed by atoms with van der Waals surface area (Å²) in [6, 6.07) is 0. The van der Waals surface area contributed by atoms with E-state index in [0.717, 1.165) is 103 Å². The van der Waals surface area contributed by atoms with E-state index < -0.39 is 6.10 Å². The monoisotopic (exact) mass is 897 g/mol. The first-order valence-electron chi connectivity index (χ1n) is 27.6. The van der Waals surface area contributed by atoms with Crippen LogP contribution in [-0.4, -0.2) is 37.2 Å². The van der Waals surface area contributed by atoms with Gasteiger partial charge in [-0.15, -0.1) is 0 Å². The van der Waals surface area contributed by atoms with Gasteiger partial charge in [-0.2, -0.15) is 0 Å². The summed E-state index contributed by atoms with van der Waals surface area (Å²) < 4.78 is 16.8. The molecule has 64 heavy (non-hydrogen) atoms. The molecule has 0 aromatic carbocycles. The predicted molar refractivity (Wildman–Crippen MR) is 275 cm³/mol. The number of hydrogen-bond donors (Lipinski definition) is 0. The van der Waals surface area contributed by atoms with Crippen LogP contribution in [0.5, 0.6) is 0 Å². The van der Waals surface area contributed by atoms with E-state index in [1.165, 1.54) is 141 Å². The third kappa shape index (κ3) is 50.4. The van der Waals surface area contributed by atoms with Crippen molar-refractivity contribution in [3.63, 3.8) is 0 Å². The molecule has 0 aliphatic carbocycles. The van der Waals surface area contributed by atoms with Crippen molar-refractivity contribution in [2.45, 2.75) is 290 Å². The van der Waals surface area contributed by atoms with Gasteiger partial charge in [0.2, 0.25) is 0 Å². The number of unbranched alkanes of at least 4 members (excludes halogenated alkanes) is 31. The summed E-state index contributed by atoms with van der Waals surface area (Å²) >= 11 is 0. The van der Waals surface area contributed by atoms with E-state index in [2.05, 4.69) is 69.4 Å². The molecule has 0 saturated carbocycles. The zero-order chi connectivity index (χ0) is 46.5. The Bertz CT molecular complexity index is 1120. The van der Waals surface area contributed by atoms with Crippen molar-refractivity contribution in [2.75, 3.05) is 13.2 Å². The third-order valence-electron chi connectivity index (χ3n) is 12.1. The molecule has 0 spiro atoms. The zero-order valence-corrected chi connectivity index (χ0v) is 42.6. The summed E-state index contributed by atoms with van der Waals surface area (Å²) in [6.45, 7) is 6.51. The fourth-order valence-electron chi connectivity index (χ4n) is 7.92. The van der Waals surface area contributed by atoms with Crippen LogP contribution in [0.1, 0.15) is 284 Å². The second-order valence-corrected chi connectivity index (χ2v) is 18.5. The minimum atomic E-state index is -0.788. The Morgan fingerprint density at radius 1 is 0.328 bits per heavy atom. The van der Waals surface area contributed by atoms with E-state index in [9.17, 15) is 14.4 Å². The smallest absolute Gasteiger partial charge is 0.306 e. The maximum atomic E-state index is 12.8. The molecule has 1 atom stereocenters. The standard InChI is InChI=1S/C58H104O6/c1-4-7-10-13-16-19-22-25-27-28-29-30-31-34-36-39-42-45-48-51-57(60)63-54-55(53-62-56(59)50-47-44-41-38-35-32-24-21-18-15-12-9-6-3)64-58(61)52-49-46-43-40-37-33-26-23-20-17-14-11-8-5-2/h8,11,17,20,26,32-33,35,55H,4-7,9-10,12-16,18-19,21-25,27-31,34,36-54H2,1-3H3/b11-8-,20-17-,33-26-,35-32-. The number of esters is 3. The largest absolute Gasteiger partial charge is 0.462 e. The normalized spacial score (nSPS) is 12.4. The van der Waals surface area contributed by atoms with Crippen LogP contribution in [0.2, 0.25) is 0 Å². The molecule has 0 N–H and O–H groups in total. The van der Waals surface area contributed by atoms with Crippen LogP contribution in [0.25, 0.3) is 0 Å². The minimum Gasteiger partial charge on any atom is -0.462 e. The first-order chi connectivity index (χ1) is 31.5. The Kier molecular flexibility index (Phi) is 50.8. The molecule has 0 fully saturated rings. The van der Waals surface area contributed by atoms with E-state index in [0.29, 0.717) is 19.3 Å². The summed E-state index contributed by atoms with van der Waals surface area (Å²) in [5, 5.41) is 0. The van der Waals surface area contributed by atoms with E-state index in [1.807, 2.05) is 0 Å². The number of carbonyl (C=O) groups excluding carboxylic acids is 3. The molecule has 0 saturated heterocycles. The summed E-state index contributed by atoms with van der Waals surface area (Å²) in [5.41, 5.74) is 0. The Morgan fingerprint density at radius 2 is 0.609 bits per heavy atom. The maximum Gasteiger partial charge on any atom is 0.306 e. The fraction of sp³-hybridized carbons (Fsp3) is 0.810. The van der Waals surface area contributed by atoms with Crippen LogP contribution < -0.4 is 0 Å². The highest BCUT2D eigenvalue weighted by molar-refractivity contribution is 5.71. The third-order valence-corrected chi connectivity index (χ3v) is 12.1. The van der Waals surface area contributed by atoms with Crippen LogP contribution in [0, 0.1) is 0 Å². The van der Waals surface area contributed by atoms with Gasteiger partial charge in [0.1, 0.15) is 13.2 Å². The Hall–Kier alpha value is -2.63. The van der Waals surface area contributed by atoms with Crippen molar-refractivity contribution >= 4 is 17.9 Å². The summed E-state index contributed by atoms with van der Waals surface area (Å²) in [4.78, 5) is 38.0. The van der Waals surface area contributed by atoms with E-state index in [1.54, 1.807) is 0 Å². The average molecular weight is 897 g/mol. The van der Waals surface area contributed by atoms with Gasteiger partial charge in [-0.3, -0.25) is 14.4 Å². The number of rotatable bonds is 50. The van der Waals surface area contributed by atoms with E-state index in [-0.39, 0.29) is 31.1 Å². The lowest BCUT2D eigenvalue weighted by Crippen LogP contribution is -2.30. The summed E-state index contributed by atoms with van der Waals surface area (Å²) in [6.07, 6.45) is 63.9. The lowest BCUT2D eigenvalue weighted by molar-refractivity contribution is -0.167. The van der Waals surface area contributed by atoms with Crippen molar-refractivity contribution in [3.05, 3.63) is 48.6 Å². The molecule has 0 bridgehead atoms. The van der Waals surface area contributed by atoms with Crippen molar-refractivity contribution < 1.29 is 28.6 Å². The van der Waals surface area contributed by atoms with Crippen molar-refractivity contribution in [1.29, 1.82) is 0 Å². The molecule has 0 aliphatic heterocycles. The highest BCUT2D eigenvalue weighted by Gasteiger charge is 2.19. The van der Waals surface area contributed by atoms with Gasteiger partial charge < -0.3 is 14.2 Å². The lowest BCUT2D eigenvalue weighted by Gasteiger charge is -2.18. The van der Waals surface area contributed by atoms with Crippen LogP contribution in [0.4, 0.5) is 0 Å². The molecule has 0 radical (unpaired) electrons.